The minimum Gasteiger partial charge on any atom is -0.417 e. The highest BCUT2D eigenvalue weighted by Gasteiger charge is 2.30. The molecule has 1 aliphatic carbocycles. The predicted molar refractivity (Wildman–Crippen MR) is 48.9 cm³/mol. The normalized spacial score (nSPS) is 15.9. The summed E-state index contributed by atoms with van der Waals surface area (Å²) >= 11 is 0. The lowest BCUT2D eigenvalue weighted by atomic mass is 10.4. The minimum atomic E-state index is -0.292. The molecule has 5 nitrogen and oxygen atoms in total. The first-order chi connectivity index (χ1) is 6.66. The molecular weight excluding hydrogens is 182 g/mol. The van der Waals surface area contributed by atoms with Gasteiger partial charge in [-0.3, -0.25) is 4.79 Å². The average molecular weight is 195 g/mol. The van der Waals surface area contributed by atoms with Crippen LogP contribution in [0.3, 0.4) is 0 Å². The number of amides is 1. The molecule has 14 heavy (non-hydrogen) atoms. The van der Waals surface area contributed by atoms with Crippen molar-refractivity contribution in [2.45, 2.75) is 38.6 Å². The molecule has 1 aromatic rings. The summed E-state index contributed by atoms with van der Waals surface area (Å²) in [5.74, 6) is 0.766. The van der Waals surface area contributed by atoms with Crippen LogP contribution in [-0.2, 0) is 0 Å². The molecule has 1 fully saturated rings. The van der Waals surface area contributed by atoms with Gasteiger partial charge in [-0.05, 0) is 26.7 Å². The summed E-state index contributed by atoms with van der Waals surface area (Å²) in [6.07, 6.45) is 2.18. The van der Waals surface area contributed by atoms with E-state index in [0.717, 1.165) is 12.8 Å². The highest BCUT2D eigenvalue weighted by molar-refractivity contribution is 5.89. The predicted octanol–water partition coefficient (Wildman–Crippen LogP) is 1.09. The zero-order valence-corrected chi connectivity index (χ0v) is 8.28. The zero-order valence-electron chi connectivity index (χ0n) is 8.28. The first-order valence-corrected chi connectivity index (χ1v) is 4.81. The van der Waals surface area contributed by atoms with Crippen molar-refractivity contribution in [3.63, 3.8) is 0 Å². The number of carbonyl (C=O) groups excluding carboxylic acids is 1. The van der Waals surface area contributed by atoms with Crippen molar-refractivity contribution in [2.75, 3.05) is 0 Å². The molecule has 76 valence electrons. The first kappa shape index (κ1) is 9.18. The van der Waals surface area contributed by atoms with Crippen LogP contribution in [0.25, 0.3) is 0 Å². The lowest BCUT2D eigenvalue weighted by Gasteiger charge is -2.03. The summed E-state index contributed by atoms with van der Waals surface area (Å²) < 4.78 is 5.24. The number of carbonyl (C=O) groups is 1. The number of rotatable bonds is 3. The van der Waals surface area contributed by atoms with E-state index in [1.807, 2.05) is 13.8 Å². The van der Waals surface area contributed by atoms with Gasteiger partial charge >= 0.3 is 11.8 Å². The van der Waals surface area contributed by atoms with Gasteiger partial charge in [-0.15, -0.1) is 10.2 Å². The molecule has 0 aliphatic heterocycles. The topological polar surface area (TPSA) is 68.0 Å². The lowest BCUT2D eigenvalue weighted by Crippen LogP contribution is -2.30. The van der Waals surface area contributed by atoms with E-state index in [1.165, 1.54) is 0 Å². The summed E-state index contributed by atoms with van der Waals surface area (Å²) in [5.41, 5.74) is 0. The summed E-state index contributed by atoms with van der Waals surface area (Å²) in [4.78, 5) is 11.4. The average Bonchev–Trinajstić information content (AvgIpc) is 2.82. The van der Waals surface area contributed by atoms with Crippen LogP contribution in [0.2, 0.25) is 0 Å². The maximum absolute atomic E-state index is 11.4. The molecule has 5 heteroatoms. The third-order valence-corrected chi connectivity index (χ3v) is 1.98. The molecule has 1 aliphatic rings. The van der Waals surface area contributed by atoms with Gasteiger partial charge in [0.25, 0.3) is 0 Å². The van der Waals surface area contributed by atoms with Crippen LogP contribution in [-0.4, -0.2) is 22.1 Å². The lowest BCUT2D eigenvalue weighted by molar-refractivity contribution is 0.0906. The van der Waals surface area contributed by atoms with Gasteiger partial charge < -0.3 is 9.73 Å². The van der Waals surface area contributed by atoms with Gasteiger partial charge in [-0.25, -0.2) is 0 Å². The van der Waals surface area contributed by atoms with Gasteiger partial charge in [0.1, 0.15) is 0 Å². The molecule has 1 saturated carbocycles. The molecule has 1 aromatic heterocycles. The summed E-state index contributed by atoms with van der Waals surface area (Å²) in [7, 11) is 0. The van der Waals surface area contributed by atoms with Crippen LogP contribution in [0, 0.1) is 0 Å². The van der Waals surface area contributed by atoms with Crippen LogP contribution in [0.1, 0.15) is 49.2 Å². The fourth-order valence-electron chi connectivity index (χ4n) is 1.15. The van der Waals surface area contributed by atoms with E-state index in [1.54, 1.807) is 0 Å². The Bertz CT molecular complexity index is 342. The zero-order chi connectivity index (χ0) is 10.1. The highest BCUT2D eigenvalue weighted by Crippen LogP contribution is 2.38. The van der Waals surface area contributed by atoms with E-state index in [4.69, 9.17) is 4.42 Å². The monoisotopic (exact) mass is 195 g/mol. The molecule has 0 aromatic carbocycles. The highest BCUT2D eigenvalue weighted by atomic mass is 16.4. The van der Waals surface area contributed by atoms with Crippen LogP contribution in [0.5, 0.6) is 0 Å². The van der Waals surface area contributed by atoms with Crippen LogP contribution >= 0.6 is 0 Å². The molecule has 1 amide bonds. The van der Waals surface area contributed by atoms with E-state index in [2.05, 4.69) is 15.5 Å². The Balaban J connectivity index is 2.04. The molecule has 0 bridgehead atoms. The Hall–Kier alpha value is -1.39. The molecule has 0 radical (unpaired) electrons. The van der Waals surface area contributed by atoms with Gasteiger partial charge in [0, 0.05) is 12.0 Å². The van der Waals surface area contributed by atoms with E-state index in [-0.39, 0.29) is 17.8 Å². The maximum atomic E-state index is 11.4. The van der Waals surface area contributed by atoms with Gasteiger partial charge in [-0.1, -0.05) is 0 Å². The smallest absolute Gasteiger partial charge is 0.309 e. The minimum absolute atomic E-state index is 0.0700. The fourth-order valence-corrected chi connectivity index (χ4v) is 1.15. The summed E-state index contributed by atoms with van der Waals surface area (Å²) in [6, 6.07) is 0.0822. The molecule has 0 unspecified atom stereocenters. The Morgan fingerprint density at radius 1 is 1.50 bits per heavy atom. The Kier molecular flexibility index (Phi) is 2.23. The first-order valence-electron chi connectivity index (χ1n) is 4.81. The van der Waals surface area contributed by atoms with Crippen molar-refractivity contribution in [2.24, 2.45) is 0 Å². The Labute approximate surface area is 81.9 Å². The van der Waals surface area contributed by atoms with Crippen LogP contribution < -0.4 is 5.32 Å². The summed E-state index contributed by atoms with van der Waals surface area (Å²) in [5, 5.41) is 10.2. The van der Waals surface area contributed by atoms with E-state index in [9.17, 15) is 4.79 Å². The maximum Gasteiger partial charge on any atom is 0.309 e. The second-order valence-corrected chi connectivity index (χ2v) is 3.85. The quantitative estimate of drug-likeness (QED) is 0.783. The molecule has 1 N–H and O–H groups in total. The molecule has 1 heterocycles. The van der Waals surface area contributed by atoms with Gasteiger partial charge in [0.05, 0.1) is 0 Å². The Morgan fingerprint density at radius 3 is 2.79 bits per heavy atom. The van der Waals surface area contributed by atoms with Crippen molar-refractivity contribution in [1.29, 1.82) is 0 Å². The third-order valence-electron chi connectivity index (χ3n) is 1.98. The fraction of sp³-hybridized carbons (Fsp3) is 0.667. The van der Waals surface area contributed by atoms with E-state index >= 15 is 0 Å². The van der Waals surface area contributed by atoms with Crippen molar-refractivity contribution >= 4 is 5.91 Å². The standard InChI is InChI=1S/C9H13N3O2/c1-5(2)10-7(13)9-12-11-8(14-9)6-3-4-6/h5-6H,3-4H2,1-2H3,(H,10,13). The van der Waals surface area contributed by atoms with Crippen molar-refractivity contribution in [3.05, 3.63) is 11.8 Å². The van der Waals surface area contributed by atoms with Gasteiger partial charge in [0.15, 0.2) is 0 Å². The van der Waals surface area contributed by atoms with Crippen LogP contribution in [0.15, 0.2) is 4.42 Å². The molecule has 0 spiro atoms. The molecule has 2 rings (SSSR count). The Morgan fingerprint density at radius 2 is 2.21 bits per heavy atom. The second-order valence-electron chi connectivity index (χ2n) is 3.85. The third kappa shape index (κ3) is 1.92. The number of aromatic nitrogens is 2. The molecule has 0 atom stereocenters. The van der Waals surface area contributed by atoms with E-state index in [0.29, 0.717) is 11.8 Å². The van der Waals surface area contributed by atoms with E-state index < -0.39 is 0 Å². The molecule has 0 saturated heterocycles. The summed E-state index contributed by atoms with van der Waals surface area (Å²) in [6.45, 7) is 3.77. The second kappa shape index (κ2) is 3.40. The van der Waals surface area contributed by atoms with Gasteiger partial charge in [0.2, 0.25) is 5.89 Å². The largest absolute Gasteiger partial charge is 0.417 e. The SMILES string of the molecule is CC(C)NC(=O)c1nnc(C2CC2)o1. The van der Waals surface area contributed by atoms with Crippen molar-refractivity contribution < 1.29 is 9.21 Å². The van der Waals surface area contributed by atoms with Crippen molar-refractivity contribution in [1.82, 2.24) is 15.5 Å². The number of nitrogens with zero attached hydrogens (tertiary/aromatic N) is 2. The van der Waals surface area contributed by atoms with Crippen molar-refractivity contribution in [3.8, 4) is 0 Å². The van der Waals surface area contributed by atoms with Crippen LogP contribution in [0.4, 0.5) is 0 Å². The number of hydrogen-bond donors (Lipinski definition) is 1. The number of nitrogens with one attached hydrogen (secondary N) is 1. The van der Waals surface area contributed by atoms with Gasteiger partial charge in [-0.2, -0.15) is 0 Å². The number of hydrogen-bond acceptors (Lipinski definition) is 4. The molecular formula is C9H13N3O2.